The summed E-state index contributed by atoms with van der Waals surface area (Å²) in [6.45, 7) is 0. The molecule has 0 unspecified atom stereocenters. The van der Waals surface area contributed by atoms with Crippen LogP contribution >= 0.6 is 11.8 Å². The van der Waals surface area contributed by atoms with Gasteiger partial charge < -0.3 is 0 Å². The fraction of sp³-hybridized carbons (Fsp3) is 0.100. The monoisotopic (exact) mass is 350 g/mol. The van der Waals surface area contributed by atoms with Gasteiger partial charge in [0, 0.05) is 11.3 Å². The van der Waals surface area contributed by atoms with Crippen LogP contribution in [0.25, 0.3) is 10.8 Å². The van der Waals surface area contributed by atoms with Crippen LogP contribution in [0.3, 0.4) is 0 Å². The molecule has 2 amide bonds. The van der Waals surface area contributed by atoms with E-state index in [1.807, 2.05) is 24.3 Å². The van der Waals surface area contributed by atoms with E-state index < -0.39 is 0 Å². The lowest BCUT2D eigenvalue weighted by Gasteiger charge is -2.08. The van der Waals surface area contributed by atoms with Gasteiger partial charge in [0.15, 0.2) is 0 Å². The molecule has 0 saturated heterocycles. The number of rotatable bonds is 5. The smallest absolute Gasteiger partial charge is 0.269 e. The first-order chi connectivity index (χ1) is 12.2. The molecule has 0 fully saturated rings. The Morgan fingerprint density at radius 3 is 2.36 bits per heavy atom. The van der Waals surface area contributed by atoms with Gasteiger partial charge >= 0.3 is 0 Å². The number of thioether (sulfide) groups is 1. The number of amides is 2. The molecule has 0 bridgehead atoms. The Kier molecular flexibility index (Phi) is 5.69. The van der Waals surface area contributed by atoms with Crippen LogP contribution in [0.1, 0.15) is 15.9 Å². The fourth-order valence-electron chi connectivity index (χ4n) is 2.50. The molecule has 3 rings (SSSR count). The van der Waals surface area contributed by atoms with Crippen molar-refractivity contribution in [3.05, 3.63) is 83.9 Å². The van der Waals surface area contributed by atoms with Crippen molar-refractivity contribution in [2.75, 3.05) is 5.75 Å². The standard InChI is InChI=1S/C20H18N2O2S/c23-19(21-22-20(24)16-8-2-1-3-9-16)14-25-13-17-11-6-10-15-7-4-5-12-18(15)17/h1-12H,13-14H2,(H,21,23)(H,22,24). The van der Waals surface area contributed by atoms with Crippen LogP contribution in [0.2, 0.25) is 0 Å². The fourth-order valence-corrected chi connectivity index (χ4v) is 3.33. The number of carbonyl (C=O) groups is 2. The second kappa shape index (κ2) is 8.35. The van der Waals surface area contributed by atoms with Crippen LogP contribution in [0.15, 0.2) is 72.8 Å². The number of hydrogen-bond acceptors (Lipinski definition) is 3. The van der Waals surface area contributed by atoms with E-state index in [1.165, 1.54) is 28.1 Å². The van der Waals surface area contributed by atoms with Gasteiger partial charge in [-0.1, -0.05) is 60.7 Å². The van der Waals surface area contributed by atoms with Crippen molar-refractivity contribution >= 4 is 34.3 Å². The summed E-state index contributed by atoms with van der Waals surface area (Å²) in [6, 6.07) is 23.1. The van der Waals surface area contributed by atoms with E-state index in [4.69, 9.17) is 0 Å². The maximum absolute atomic E-state index is 11.9. The van der Waals surface area contributed by atoms with E-state index in [2.05, 4.69) is 35.1 Å². The summed E-state index contributed by atoms with van der Waals surface area (Å²) in [4.78, 5) is 23.7. The highest BCUT2D eigenvalue weighted by Crippen LogP contribution is 2.22. The molecular formula is C20H18N2O2S. The molecule has 25 heavy (non-hydrogen) atoms. The maximum Gasteiger partial charge on any atom is 0.269 e. The molecule has 0 atom stereocenters. The minimum absolute atomic E-state index is 0.227. The lowest BCUT2D eigenvalue weighted by atomic mass is 10.1. The second-order valence-corrected chi connectivity index (χ2v) is 6.48. The number of hydrogen-bond donors (Lipinski definition) is 2. The Hall–Kier alpha value is -2.79. The normalized spacial score (nSPS) is 10.4. The molecule has 0 aliphatic carbocycles. The summed E-state index contributed by atoms with van der Waals surface area (Å²) >= 11 is 1.51. The first-order valence-corrected chi connectivity index (χ1v) is 9.08. The summed E-state index contributed by atoms with van der Waals surface area (Å²) in [6.07, 6.45) is 0. The molecule has 3 aromatic carbocycles. The van der Waals surface area contributed by atoms with E-state index >= 15 is 0 Å². The number of nitrogens with one attached hydrogen (secondary N) is 2. The van der Waals surface area contributed by atoms with E-state index in [1.54, 1.807) is 24.3 Å². The lowest BCUT2D eigenvalue weighted by Crippen LogP contribution is -2.42. The zero-order valence-corrected chi connectivity index (χ0v) is 14.4. The van der Waals surface area contributed by atoms with Crippen molar-refractivity contribution in [1.82, 2.24) is 10.9 Å². The van der Waals surface area contributed by atoms with Crippen molar-refractivity contribution in [1.29, 1.82) is 0 Å². The van der Waals surface area contributed by atoms with E-state index in [0.717, 1.165) is 5.75 Å². The third-order valence-corrected chi connectivity index (χ3v) is 4.70. The molecule has 0 radical (unpaired) electrons. The molecule has 3 aromatic rings. The summed E-state index contributed by atoms with van der Waals surface area (Å²) in [5.41, 5.74) is 6.57. The van der Waals surface area contributed by atoms with Gasteiger partial charge in [-0.05, 0) is 28.5 Å². The Labute approximate surface area is 150 Å². The molecule has 0 heterocycles. The highest BCUT2D eigenvalue weighted by atomic mass is 32.2. The number of hydrazine groups is 1. The average Bonchev–Trinajstić information content (AvgIpc) is 2.67. The molecule has 4 nitrogen and oxygen atoms in total. The first-order valence-electron chi connectivity index (χ1n) is 7.92. The zero-order valence-electron chi connectivity index (χ0n) is 13.6. The van der Waals surface area contributed by atoms with E-state index in [0.29, 0.717) is 5.56 Å². The molecular weight excluding hydrogens is 332 g/mol. The molecule has 0 aromatic heterocycles. The van der Waals surface area contributed by atoms with Gasteiger partial charge in [0.1, 0.15) is 0 Å². The van der Waals surface area contributed by atoms with E-state index in [-0.39, 0.29) is 17.6 Å². The van der Waals surface area contributed by atoms with Crippen LogP contribution in [0.4, 0.5) is 0 Å². The Balaban J connectivity index is 1.47. The lowest BCUT2D eigenvalue weighted by molar-refractivity contribution is -0.119. The summed E-state index contributed by atoms with van der Waals surface area (Å²) in [5.74, 6) is 0.460. The minimum Gasteiger partial charge on any atom is -0.272 e. The van der Waals surface area contributed by atoms with Crippen LogP contribution in [-0.4, -0.2) is 17.6 Å². The van der Waals surface area contributed by atoms with Gasteiger partial charge in [-0.3, -0.25) is 20.4 Å². The van der Waals surface area contributed by atoms with Gasteiger partial charge in [-0.2, -0.15) is 0 Å². The number of carbonyl (C=O) groups excluding carboxylic acids is 2. The predicted octanol–water partition coefficient (Wildman–Crippen LogP) is 3.53. The van der Waals surface area contributed by atoms with E-state index in [9.17, 15) is 9.59 Å². The molecule has 0 aliphatic rings. The second-order valence-electron chi connectivity index (χ2n) is 5.50. The number of benzene rings is 3. The van der Waals surface area contributed by atoms with Crippen molar-refractivity contribution < 1.29 is 9.59 Å². The van der Waals surface area contributed by atoms with Gasteiger partial charge in [-0.15, -0.1) is 11.8 Å². The summed E-state index contributed by atoms with van der Waals surface area (Å²) < 4.78 is 0. The van der Waals surface area contributed by atoms with Gasteiger partial charge in [0.25, 0.3) is 5.91 Å². The van der Waals surface area contributed by atoms with Crippen LogP contribution in [0.5, 0.6) is 0 Å². The van der Waals surface area contributed by atoms with Crippen molar-refractivity contribution in [3.63, 3.8) is 0 Å². The van der Waals surface area contributed by atoms with Crippen molar-refractivity contribution in [2.45, 2.75) is 5.75 Å². The summed E-state index contributed by atoms with van der Waals surface area (Å²) in [7, 11) is 0. The van der Waals surface area contributed by atoms with Crippen LogP contribution < -0.4 is 10.9 Å². The minimum atomic E-state index is -0.326. The third kappa shape index (κ3) is 4.61. The van der Waals surface area contributed by atoms with Gasteiger partial charge in [0.05, 0.1) is 5.75 Å². The quantitative estimate of drug-likeness (QED) is 0.692. The SMILES string of the molecule is O=C(CSCc1cccc2ccccc12)NNC(=O)c1ccccc1. The predicted molar refractivity (Wildman–Crippen MR) is 102 cm³/mol. The topological polar surface area (TPSA) is 58.2 Å². The highest BCUT2D eigenvalue weighted by molar-refractivity contribution is 7.99. The van der Waals surface area contributed by atoms with Crippen LogP contribution in [0, 0.1) is 0 Å². The largest absolute Gasteiger partial charge is 0.272 e. The average molecular weight is 350 g/mol. The number of fused-ring (bicyclic) bond motifs is 1. The zero-order chi connectivity index (χ0) is 17.5. The maximum atomic E-state index is 11.9. The Bertz CT molecular complexity index is 876. The molecule has 0 aliphatic heterocycles. The Morgan fingerprint density at radius 2 is 1.52 bits per heavy atom. The highest BCUT2D eigenvalue weighted by Gasteiger charge is 2.07. The van der Waals surface area contributed by atoms with Gasteiger partial charge in [-0.25, -0.2) is 0 Å². The first kappa shape index (κ1) is 17.0. The molecule has 0 saturated carbocycles. The van der Waals surface area contributed by atoms with Crippen LogP contribution in [-0.2, 0) is 10.5 Å². The van der Waals surface area contributed by atoms with Gasteiger partial charge in [0.2, 0.25) is 5.91 Å². The van der Waals surface area contributed by atoms with Crippen molar-refractivity contribution in [2.24, 2.45) is 0 Å². The third-order valence-electron chi connectivity index (χ3n) is 3.72. The molecule has 0 spiro atoms. The molecule has 5 heteroatoms. The summed E-state index contributed by atoms with van der Waals surface area (Å²) in [5, 5.41) is 2.40. The van der Waals surface area contributed by atoms with Crippen molar-refractivity contribution in [3.8, 4) is 0 Å². The molecule has 2 N–H and O–H groups in total. The Morgan fingerprint density at radius 1 is 0.800 bits per heavy atom. The molecule has 126 valence electrons.